The van der Waals surface area contributed by atoms with Crippen molar-refractivity contribution in [3.63, 3.8) is 0 Å². The van der Waals surface area contributed by atoms with Crippen LogP contribution in [0.15, 0.2) is 17.1 Å². The summed E-state index contributed by atoms with van der Waals surface area (Å²) in [4.78, 5) is 28.6. The van der Waals surface area contributed by atoms with Gasteiger partial charge in [0.1, 0.15) is 6.54 Å². The number of rotatable bonds is 4. The largest absolute Gasteiger partial charge is 0.465 e. The normalized spacial score (nSPS) is 12.2. The Kier molecular flexibility index (Phi) is 5.59. The molecule has 2 rings (SSSR count). The summed E-state index contributed by atoms with van der Waals surface area (Å²) in [5.74, 6) is -0.802. The fourth-order valence-corrected chi connectivity index (χ4v) is 3.35. The smallest absolute Gasteiger partial charge is 0.326 e. The van der Waals surface area contributed by atoms with Gasteiger partial charge in [-0.2, -0.15) is 4.99 Å². The van der Waals surface area contributed by atoms with E-state index in [4.69, 9.17) is 16.3 Å². The topological polar surface area (TPSA) is 60.7 Å². The fraction of sp³-hybridized carbons (Fsp3) is 0.438. The summed E-state index contributed by atoms with van der Waals surface area (Å²) in [6.45, 7) is 7.52. The molecule has 2 aromatic rings. The van der Waals surface area contributed by atoms with Crippen molar-refractivity contribution in [2.24, 2.45) is 10.9 Å². The van der Waals surface area contributed by atoms with Crippen LogP contribution in [0, 0.1) is 12.8 Å². The van der Waals surface area contributed by atoms with Gasteiger partial charge >= 0.3 is 5.97 Å². The molecule has 0 fully saturated rings. The number of aromatic nitrogens is 1. The minimum atomic E-state index is -0.370. The molecule has 0 aliphatic rings. The number of aryl methyl sites for hydroxylation is 1. The first-order valence-electron chi connectivity index (χ1n) is 7.37. The van der Waals surface area contributed by atoms with Crippen LogP contribution in [0.1, 0.15) is 26.3 Å². The number of amides is 1. The highest BCUT2D eigenvalue weighted by molar-refractivity contribution is 7.16. The average Bonchev–Trinajstić information content (AvgIpc) is 2.81. The predicted octanol–water partition coefficient (Wildman–Crippen LogP) is 3.31. The molecular formula is C16H19ClN2O3S. The van der Waals surface area contributed by atoms with E-state index in [9.17, 15) is 9.59 Å². The average molecular weight is 355 g/mol. The van der Waals surface area contributed by atoms with Crippen molar-refractivity contribution in [1.82, 2.24) is 4.57 Å². The molecule has 0 N–H and O–H groups in total. The molecular weight excluding hydrogens is 336 g/mol. The molecule has 0 radical (unpaired) electrons. The third-order valence-electron chi connectivity index (χ3n) is 3.32. The Morgan fingerprint density at radius 2 is 2.09 bits per heavy atom. The Morgan fingerprint density at radius 1 is 1.39 bits per heavy atom. The zero-order valence-electron chi connectivity index (χ0n) is 13.6. The molecule has 1 aromatic carbocycles. The second kappa shape index (κ2) is 7.27. The van der Waals surface area contributed by atoms with E-state index in [2.05, 4.69) is 4.99 Å². The lowest BCUT2D eigenvalue weighted by molar-refractivity contribution is -0.143. The van der Waals surface area contributed by atoms with Crippen molar-refractivity contribution in [2.45, 2.75) is 34.2 Å². The lowest BCUT2D eigenvalue weighted by atomic mass is 10.2. The van der Waals surface area contributed by atoms with Crippen LogP contribution in [0.25, 0.3) is 10.2 Å². The summed E-state index contributed by atoms with van der Waals surface area (Å²) < 4.78 is 7.66. The van der Waals surface area contributed by atoms with Crippen LogP contribution in [-0.4, -0.2) is 23.1 Å². The summed E-state index contributed by atoms with van der Waals surface area (Å²) in [6, 6.07) is 3.67. The zero-order chi connectivity index (χ0) is 17.1. The Bertz CT molecular complexity index is 821. The molecule has 0 aliphatic carbocycles. The van der Waals surface area contributed by atoms with Gasteiger partial charge in [-0.25, -0.2) is 0 Å². The second-order valence-corrected chi connectivity index (χ2v) is 6.82. The minimum Gasteiger partial charge on any atom is -0.465 e. The molecule has 0 saturated carbocycles. The Balaban J connectivity index is 2.68. The predicted molar refractivity (Wildman–Crippen MR) is 91.6 cm³/mol. The summed E-state index contributed by atoms with van der Waals surface area (Å²) >= 11 is 7.56. The first-order valence-corrected chi connectivity index (χ1v) is 8.57. The van der Waals surface area contributed by atoms with Crippen LogP contribution >= 0.6 is 22.9 Å². The number of hydrogen-bond acceptors (Lipinski definition) is 4. The summed E-state index contributed by atoms with van der Waals surface area (Å²) in [5.41, 5.74) is 1.66. The first kappa shape index (κ1) is 17.7. The van der Waals surface area contributed by atoms with Gasteiger partial charge < -0.3 is 9.30 Å². The van der Waals surface area contributed by atoms with Gasteiger partial charge in [-0.05, 0) is 31.5 Å². The number of thiazole rings is 1. The zero-order valence-corrected chi connectivity index (χ0v) is 15.1. The van der Waals surface area contributed by atoms with E-state index in [1.807, 2.05) is 13.0 Å². The molecule has 0 saturated heterocycles. The van der Waals surface area contributed by atoms with Gasteiger partial charge in [0.05, 0.1) is 16.8 Å². The Hall–Kier alpha value is -1.66. The number of benzene rings is 1. The lowest BCUT2D eigenvalue weighted by Crippen LogP contribution is -2.24. The van der Waals surface area contributed by atoms with E-state index in [0.717, 1.165) is 15.8 Å². The van der Waals surface area contributed by atoms with Crippen molar-refractivity contribution >= 4 is 45.0 Å². The summed E-state index contributed by atoms with van der Waals surface area (Å²) in [5, 5.41) is 0.606. The Morgan fingerprint density at radius 3 is 2.70 bits per heavy atom. The van der Waals surface area contributed by atoms with Gasteiger partial charge in [-0.1, -0.05) is 36.8 Å². The standard InChI is InChI=1S/C16H19ClN2O3S/c1-5-22-13(20)8-19-14-10(4)11(17)6-7-12(14)23-16(19)18-15(21)9(2)3/h6-7,9H,5,8H2,1-4H3. The SMILES string of the molecule is CCOC(=O)Cn1c(=NC(=O)C(C)C)sc2ccc(Cl)c(C)c21. The monoisotopic (exact) mass is 354 g/mol. The number of nitrogens with zero attached hydrogens (tertiary/aromatic N) is 2. The molecule has 5 nitrogen and oxygen atoms in total. The number of halogens is 1. The van der Waals surface area contributed by atoms with E-state index in [0.29, 0.717) is 16.4 Å². The molecule has 0 unspecified atom stereocenters. The lowest BCUT2D eigenvalue weighted by Gasteiger charge is -2.08. The maximum atomic E-state index is 12.0. The van der Waals surface area contributed by atoms with Gasteiger partial charge in [-0.15, -0.1) is 0 Å². The molecule has 0 aliphatic heterocycles. The molecule has 1 aromatic heterocycles. The van der Waals surface area contributed by atoms with Crippen molar-refractivity contribution in [1.29, 1.82) is 0 Å². The van der Waals surface area contributed by atoms with Crippen LogP contribution in [0.2, 0.25) is 5.02 Å². The van der Waals surface area contributed by atoms with Gasteiger partial charge in [0, 0.05) is 10.9 Å². The van der Waals surface area contributed by atoms with Gasteiger partial charge in [-0.3, -0.25) is 9.59 Å². The van der Waals surface area contributed by atoms with Gasteiger partial charge in [0.2, 0.25) is 0 Å². The summed E-state index contributed by atoms with van der Waals surface area (Å²) in [6.07, 6.45) is 0. The summed E-state index contributed by atoms with van der Waals surface area (Å²) in [7, 11) is 0. The number of fused-ring (bicyclic) bond motifs is 1. The molecule has 124 valence electrons. The third-order valence-corrected chi connectivity index (χ3v) is 4.78. The van der Waals surface area contributed by atoms with Crippen LogP contribution < -0.4 is 4.80 Å². The molecule has 0 spiro atoms. The highest BCUT2D eigenvalue weighted by atomic mass is 35.5. The highest BCUT2D eigenvalue weighted by Gasteiger charge is 2.16. The second-order valence-electron chi connectivity index (χ2n) is 5.40. The first-order chi connectivity index (χ1) is 10.8. The quantitative estimate of drug-likeness (QED) is 0.791. The van der Waals surface area contributed by atoms with Gasteiger partial charge in [0.25, 0.3) is 5.91 Å². The van der Waals surface area contributed by atoms with Crippen LogP contribution in [0.3, 0.4) is 0 Å². The van der Waals surface area contributed by atoms with E-state index in [1.165, 1.54) is 11.3 Å². The number of ether oxygens (including phenoxy) is 1. The Labute approximate surface area is 143 Å². The van der Waals surface area contributed by atoms with Crippen LogP contribution in [-0.2, 0) is 20.9 Å². The maximum Gasteiger partial charge on any atom is 0.326 e. The van der Waals surface area contributed by atoms with E-state index in [-0.39, 0.29) is 24.3 Å². The molecule has 1 heterocycles. The minimum absolute atomic E-state index is 0.000763. The van der Waals surface area contributed by atoms with E-state index >= 15 is 0 Å². The van der Waals surface area contributed by atoms with Crippen LogP contribution in [0.4, 0.5) is 0 Å². The van der Waals surface area contributed by atoms with Crippen molar-refractivity contribution in [2.75, 3.05) is 6.61 Å². The van der Waals surface area contributed by atoms with Crippen molar-refractivity contribution < 1.29 is 14.3 Å². The van der Waals surface area contributed by atoms with Crippen LogP contribution in [0.5, 0.6) is 0 Å². The number of esters is 1. The maximum absolute atomic E-state index is 12.0. The highest BCUT2D eigenvalue weighted by Crippen LogP contribution is 2.27. The fourth-order valence-electron chi connectivity index (χ4n) is 2.11. The van der Waals surface area contributed by atoms with E-state index in [1.54, 1.807) is 31.4 Å². The van der Waals surface area contributed by atoms with Crippen molar-refractivity contribution in [3.05, 3.63) is 27.5 Å². The van der Waals surface area contributed by atoms with E-state index < -0.39 is 0 Å². The third kappa shape index (κ3) is 3.82. The molecule has 0 bridgehead atoms. The number of hydrogen-bond donors (Lipinski definition) is 0. The number of carbonyl (C=O) groups excluding carboxylic acids is 2. The van der Waals surface area contributed by atoms with Gasteiger partial charge in [0.15, 0.2) is 4.80 Å². The van der Waals surface area contributed by atoms with Crippen molar-refractivity contribution in [3.8, 4) is 0 Å². The molecule has 0 atom stereocenters. The molecule has 23 heavy (non-hydrogen) atoms. The molecule has 7 heteroatoms. The number of carbonyl (C=O) groups is 2. The molecule has 1 amide bonds.